The lowest BCUT2D eigenvalue weighted by Gasteiger charge is -2.36. The minimum absolute atomic E-state index is 0.00550. The number of piperidine rings is 1. The summed E-state index contributed by atoms with van der Waals surface area (Å²) < 4.78 is 7.00. The Bertz CT molecular complexity index is 923. The Morgan fingerprint density at radius 2 is 2.19 bits per heavy atom. The molecule has 1 atom stereocenters. The molecule has 3 aromatic rings. The fourth-order valence-electron chi connectivity index (χ4n) is 3.60. The summed E-state index contributed by atoms with van der Waals surface area (Å²) in [5, 5.41) is 4.28. The van der Waals surface area contributed by atoms with Gasteiger partial charge in [-0.1, -0.05) is 12.1 Å². The van der Waals surface area contributed by atoms with Crippen LogP contribution in [-0.2, 0) is 11.2 Å². The summed E-state index contributed by atoms with van der Waals surface area (Å²) in [5.74, 6) is 1.45. The molecule has 0 bridgehead atoms. The first-order valence-corrected chi connectivity index (χ1v) is 8.83. The molecule has 134 valence electrons. The van der Waals surface area contributed by atoms with Crippen molar-refractivity contribution in [1.29, 1.82) is 0 Å². The third-order valence-electron chi connectivity index (χ3n) is 4.86. The third-order valence-corrected chi connectivity index (χ3v) is 4.86. The number of hydrogen-bond donors (Lipinski definition) is 0. The molecule has 4 rings (SSSR count). The maximum absolute atomic E-state index is 13.0. The van der Waals surface area contributed by atoms with E-state index >= 15 is 0 Å². The molecule has 1 saturated heterocycles. The molecule has 7 nitrogen and oxygen atoms in total. The molecule has 26 heavy (non-hydrogen) atoms. The second-order valence-corrected chi connectivity index (χ2v) is 6.47. The van der Waals surface area contributed by atoms with E-state index in [4.69, 9.17) is 4.74 Å². The van der Waals surface area contributed by atoms with Gasteiger partial charge in [0.25, 0.3) is 5.78 Å². The summed E-state index contributed by atoms with van der Waals surface area (Å²) in [6, 6.07) is 9.60. The topological polar surface area (TPSA) is 72.6 Å². The number of amides is 1. The molecule has 1 amide bonds. The number of hydrogen-bond acceptors (Lipinski definition) is 5. The van der Waals surface area contributed by atoms with Gasteiger partial charge in [0.05, 0.1) is 25.3 Å². The standard InChI is InChI=1S/C19H21N5O2/c1-26-15-6-4-5-14(11-15)12-18(25)23-10-3-2-7-16(23)17-8-9-20-19-21-13-22-24(17)19/h4-6,8-9,11,13,16H,2-3,7,10,12H2,1H3/t16-/m0/s1. The number of carbonyl (C=O) groups excluding carboxylic acids is 1. The molecule has 1 aliphatic rings. The molecule has 1 fully saturated rings. The monoisotopic (exact) mass is 351 g/mol. The average Bonchev–Trinajstić information content (AvgIpc) is 3.17. The van der Waals surface area contributed by atoms with Gasteiger partial charge in [-0.05, 0) is 43.0 Å². The smallest absolute Gasteiger partial charge is 0.252 e. The van der Waals surface area contributed by atoms with Crippen molar-refractivity contribution in [3.63, 3.8) is 0 Å². The highest BCUT2D eigenvalue weighted by Gasteiger charge is 2.30. The summed E-state index contributed by atoms with van der Waals surface area (Å²) in [4.78, 5) is 23.4. The summed E-state index contributed by atoms with van der Waals surface area (Å²) in [5.41, 5.74) is 1.92. The number of benzene rings is 1. The summed E-state index contributed by atoms with van der Waals surface area (Å²) in [6.45, 7) is 0.756. The van der Waals surface area contributed by atoms with Crippen LogP contribution in [-0.4, -0.2) is 44.0 Å². The van der Waals surface area contributed by atoms with E-state index in [0.717, 1.165) is 42.8 Å². The molecule has 2 aromatic heterocycles. The lowest BCUT2D eigenvalue weighted by atomic mass is 9.98. The van der Waals surface area contributed by atoms with Crippen molar-refractivity contribution in [2.45, 2.75) is 31.7 Å². The first-order chi connectivity index (χ1) is 12.8. The van der Waals surface area contributed by atoms with Crippen LogP contribution in [0.25, 0.3) is 5.78 Å². The summed E-state index contributed by atoms with van der Waals surface area (Å²) >= 11 is 0. The number of rotatable bonds is 4. The van der Waals surface area contributed by atoms with Gasteiger partial charge in [0.2, 0.25) is 5.91 Å². The van der Waals surface area contributed by atoms with Crippen LogP contribution >= 0.6 is 0 Å². The SMILES string of the molecule is COc1cccc(CC(=O)N2CCCC[C@H]2c2ccnc3ncnn23)c1. The molecule has 0 spiro atoms. The maximum Gasteiger partial charge on any atom is 0.252 e. The largest absolute Gasteiger partial charge is 0.497 e. The van der Waals surface area contributed by atoms with Crippen molar-refractivity contribution < 1.29 is 9.53 Å². The lowest BCUT2D eigenvalue weighted by molar-refractivity contribution is -0.134. The molecule has 0 radical (unpaired) electrons. The highest BCUT2D eigenvalue weighted by atomic mass is 16.5. The van der Waals surface area contributed by atoms with Crippen LogP contribution in [0, 0.1) is 0 Å². The van der Waals surface area contributed by atoms with Crippen molar-refractivity contribution in [3.05, 3.63) is 54.1 Å². The Kier molecular flexibility index (Phi) is 4.51. The predicted octanol–water partition coefficient (Wildman–Crippen LogP) is 2.43. The van der Waals surface area contributed by atoms with Gasteiger partial charge in [0, 0.05) is 12.7 Å². The highest BCUT2D eigenvalue weighted by Crippen LogP contribution is 2.31. The molecule has 3 heterocycles. The quantitative estimate of drug-likeness (QED) is 0.722. The molecular weight excluding hydrogens is 330 g/mol. The van der Waals surface area contributed by atoms with Crippen molar-refractivity contribution >= 4 is 11.7 Å². The molecule has 0 N–H and O–H groups in total. The highest BCUT2D eigenvalue weighted by molar-refractivity contribution is 5.79. The molecule has 7 heteroatoms. The zero-order valence-corrected chi connectivity index (χ0v) is 14.7. The van der Waals surface area contributed by atoms with Crippen molar-refractivity contribution in [1.82, 2.24) is 24.5 Å². The van der Waals surface area contributed by atoms with E-state index in [2.05, 4.69) is 15.1 Å². The van der Waals surface area contributed by atoms with Gasteiger partial charge in [0.15, 0.2) is 0 Å². The number of nitrogens with zero attached hydrogens (tertiary/aromatic N) is 5. The first-order valence-electron chi connectivity index (χ1n) is 8.83. The molecule has 0 aliphatic carbocycles. The third kappa shape index (κ3) is 3.12. The van der Waals surface area contributed by atoms with Gasteiger partial charge in [0.1, 0.15) is 12.1 Å². The Morgan fingerprint density at radius 3 is 3.08 bits per heavy atom. The van der Waals surface area contributed by atoms with Gasteiger partial charge in [-0.3, -0.25) is 4.79 Å². The summed E-state index contributed by atoms with van der Waals surface area (Å²) in [6.07, 6.45) is 6.62. The minimum Gasteiger partial charge on any atom is -0.497 e. The normalized spacial score (nSPS) is 17.4. The zero-order valence-electron chi connectivity index (χ0n) is 14.7. The van der Waals surface area contributed by atoms with Crippen LogP contribution in [0.1, 0.15) is 36.6 Å². The van der Waals surface area contributed by atoms with Crippen molar-refractivity contribution in [2.75, 3.05) is 13.7 Å². The van der Waals surface area contributed by atoms with Gasteiger partial charge in [-0.15, -0.1) is 0 Å². The Morgan fingerprint density at radius 1 is 1.27 bits per heavy atom. The van der Waals surface area contributed by atoms with E-state index in [-0.39, 0.29) is 11.9 Å². The molecule has 1 aliphatic heterocycles. The number of aromatic nitrogens is 4. The van der Waals surface area contributed by atoms with E-state index in [1.54, 1.807) is 17.8 Å². The number of ether oxygens (including phenoxy) is 1. The van der Waals surface area contributed by atoms with E-state index < -0.39 is 0 Å². The van der Waals surface area contributed by atoms with Gasteiger partial charge in [-0.25, -0.2) is 4.98 Å². The predicted molar refractivity (Wildman–Crippen MR) is 95.8 cm³/mol. The van der Waals surface area contributed by atoms with Crippen molar-refractivity contribution in [2.24, 2.45) is 0 Å². The fourth-order valence-corrected chi connectivity index (χ4v) is 3.60. The van der Waals surface area contributed by atoms with Gasteiger partial charge in [-0.2, -0.15) is 14.6 Å². The second kappa shape index (κ2) is 7.11. The fraction of sp³-hybridized carbons (Fsp3) is 0.368. The number of fused-ring (bicyclic) bond motifs is 1. The first kappa shape index (κ1) is 16.5. The van der Waals surface area contributed by atoms with Crippen LogP contribution in [0.4, 0.5) is 0 Å². The number of likely N-dealkylation sites (tertiary alicyclic amines) is 1. The van der Waals surface area contributed by atoms with Crippen LogP contribution in [0.2, 0.25) is 0 Å². The molecule has 1 aromatic carbocycles. The van der Waals surface area contributed by atoms with E-state index in [1.165, 1.54) is 6.33 Å². The Balaban J connectivity index is 1.61. The number of methoxy groups -OCH3 is 1. The van der Waals surface area contributed by atoms with Crippen LogP contribution in [0.5, 0.6) is 5.75 Å². The lowest BCUT2D eigenvalue weighted by Crippen LogP contribution is -2.40. The van der Waals surface area contributed by atoms with Crippen LogP contribution in [0.3, 0.4) is 0 Å². The van der Waals surface area contributed by atoms with Crippen molar-refractivity contribution in [3.8, 4) is 5.75 Å². The van der Waals surface area contributed by atoms with Crippen LogP contribution in [0.15, 0.2) is 42.9 Å². The van der Waals surface area contributed by atoms with Gasteiger partial charge < -0.3 is 9.64 Å². The van der Waals surface area contributed by atoms with E-state index in [9.17, 15) is 4.79 Å². The molecular formula is C19H21N5O2. The van der Waals surface area contributed by atoms with Crippen LogP contribution < -0.4 is 4.74 Å². The van der Waals surface area contributed by atoms with E-state index in [0.29, 0.717) is 12.2 Å². The Hall–Kier alpha value is -2.96. The average molecular weight is 351 g/mol. The van der Waals surface area contributed by atoms with E-state index in [1.807, 2.05) is 35.2 Å². The Labute approximate surface area is 151 Å². The number of carbonyl (C=O) groups is 1. The minimum atomic E-state index is -0.00550. The molecule has 0 saturated carbocycles. The second-order valence-electron chi connectivity index (χ2n) is 6.47. The zero-order chi connectivity index (χ0) is 17.9. The summed E-state index contributed by atoms with van der Waals surface area (Å²) in [7, 11) is 1.63. The maximum atomic E-state index is 13.0. The van der Waals surface area contributed by atoms with Gasteiger partial charge >= 0.3 is 0 Å². The molecule has 0 unspecified atom stereocenters.